The fraction of sp³-hybridized carbons (Fsp3) is 0.375. The molecule has 0 aliphatic heterocycles. The average molecular weight is 291 g/mol. The van der Waals surface area contributed by atoms with E-state index in [0.29, 0.717) is 0 Å². The van der Waals surface area contributed by atoms with Crippen molar-refractivity contribution in [3.63, 3.8) is 0 Å². The Bertz CT molecular complexity index is 499. The molecule has 0 bridgehead atoms. The maximum absolute atomic E-state index is 13.2. The van der Waals surface area contributed by atoms with Crippen LogP contribution in [0, 0.1) is 0 Å². The molecular formula is C8H4F7N3O. The van der Waals surface area contributed by atoms with Crippen molar-refractivity contribution in [2.24, 2.45) is 5.73 Å². The average Bonchev–Trinajstić information content (AvgIpc) is 2.27. The van der Waals surface area contributed by atoms with Crippen LogP contribution < -0.4 is 5.73 Å². The molecule has 0 unspecified atom stereocenters. The van der Waals surface area contributed by atoms with Crippen molar-refractivity contribution in [2.75, 3.05) is 0 Å². The van der Waals surface area contributed by atoms with E-state index in [2.05, 4.69) is 15.7 Å². The summed E-state index contributed by atoms with van der Waals surface area (Å²) in [5, 5.41) is 0. The predicted octanol–water partition coefficient (Wildman–Crippen LogP) is 1.86. The second-order valence-corrected chi connectivity index (χ2v) is 3.30. The van der Waals surface area contributed by atoms with Crippen LogP contribution in [0.4, 0.5) is 30.7 Å². The van der Waals surface area contributed by atoms with Crippen molar-refractivity contribution in [2.45, 2.75) is 18.0 Å². The first-order valence-electron chi connectivity index (χ1n) is 4.36. The lowest BCUT2D eigenvalue weighted by molar-refractivity contribution is -0.360. The van der Waals surface area contributed by atoms with Crippen LogP contribution >= 0.6 is 0 Å². The van der Waals surface area contributed by atoms with Crippen LogP contribution in [0.25, 0.3) is 0 Å². The van der Waals surface area contributed by atoms with Crippen molar-refractivity contribution in [1.82, 2.24) is 9.97 Å². The molecule has 106 valence electrons. The Kier molecular flexibility index (Phi) is 3.43. The molecule has 11 heteroatoms. The molecule has 2 N–H and O–H groups in total. The number of halogens is 7. The Morgan fingerprint density at radius 1 is 1.05 bits per heavy atom. The number of alkyl halides is 7. The van der Waals surface area contributed by atoms with Gasteiger partial charge in [0.15, 0.2) is 0 Å². The quantitative estimate of drug-likeness (QED) is 0.864. The third kappa shape index (κ3) is 2.44. The molecule has 4 nitrogen and oxygen atoms in total. The molecule has 1 rings (SSSR count). The monoisotopic (exact) mass is 291 g/mol. The van der Waals surface area contributed by atoms with E-state index < -0.39 is 35.3 Å². The number of carbonyl (C=O) groups excluding carboxylic acids is 1. The zero-order chi connectivity index (χ0) is 15.1. The summed E-state index contributed by atoms with van der Waals surface area (Å²) in [4.78, 5) is 16.3. The topological polar surface area (TPSA) is 68.9 Å². The molecule has 0 atom stereocenters. The lowest BCUT2D eigenvalue weighted by Gasteiger charge is -2.27. The minimum atomic E-state index is -6.49. The lowest BCUT2D eigenvalue weighted by Crippen LogP contribution is -2.50. The zero-order valence-corrected chi connectivity index (χ0v) is 8.68. The molecule has 0 aromatic carbocycles. The Morgan fingerprint density at radius 2 is 1.58 bits per heavy atom. The molecule has 0 aliphatic rings. The Morgan fingerprint density at radius 3 is 2.00 bits per heavy atom. The molecule has 19 heavy (non-hydrogen) atoms. The molecule has 1 aromatic heterocycles. The van der Waals surface area contributed by atoms with Crippen LogP contribution in [0.1, 0.15) is 16.2 Å². The maximum atomic E-state index is 13.2. The molecule has 0 radical (unpaired) electrons. The standard InChI is InChI=1S/C8H4F7N3O/c9-6(10,7(11,12)8(13,14)15)4-1-3(5(16)19)17-2-18-4/h1-2H,(H2,16,19). The number of primary amides is 1. The molecule has 0 fully saturated rings. The summed E-state index contributed by atoms with van der Waals surface area (Å²) in [6.45, 7) is 0. The van der Waals surface area contributed by atoms with Gasteiger partial charge in [0, 0.05) is 0 Å². The van der Waals surface area contributed by atoms with Crippen LogP contribution in [0.3, 0.4) is 0 Å². The van der Waals surface area contributed by atoms with Gasteiger partial charge in [-0.15, -0.1) is 0 Å². The normalized spacial score (nSPS) is 13.4. The van der Waals surface area contributed by atoms with Gasteiger partial charge in [0.2, 0.25) is 0 Å². The van der Waals surface area contributed by atoms with Crippen LogP contribution in [0.15, 0.2) is 12.4 Å². The Balaban J connectivity index is 3.35. The van der Waals surface area contributed by atoms with E-state index in [1.165, 1.54) is 0 Å². The molecule has 0 saturated heterocycles. The highest BCUT2D eigenvalue weighted by Gasteiger charge is 2.74. The summed E-state index contributed by atoms with van der Waals surface area (Å²) < 4.78 is 87.4. The maximum Gasteiger partial charge on any atom is 0.460 e. The fourth-order valence-electron chi connectivity index (χ4n) is 1.00. The zero-order valence-electron chi connectivity index (χ0n) is 8.68. The van der Waals surface area contributed by atoms with Crippen molar-refractivity contribution in [3.8, 4) is 0 Å². The summed E-state index contributed by atoms with van der Waals surface area (Å²) in [5.74, 6) is -13.4. The summed E-state index contributed by atoms with van der Waals surface area (Å²) in [6, 6.07) is -0.0258. The van der Waals surface area contributed by atoms with Gasteiger partial charge >= 0.3 is 18.0 Å². The van der Waals surface area contributed by atoms with Gasteiger partial charge in [0.05, 0.1) is 0 Å². The summed E-state index contributed by atoms with van der Waals surface area (Å²) in [7, 11) is 0. The molecule has 0 aliphatic carbocycles. The van der Waals surface area contributed by atoms with E-state index in [1.54, 1.807) is 0 Å². The van der Waals surface area contributed by atoms with E-state index in [-0.39, 0.29) is 12.4 Å². The molecule has 1 heterocycles. The minimum Gasteiger partial charge on any atom is -0.364 e. The highest BCUT2D eigenvalue weighted by Crippen LogP contribution is 2.51. The van der Waals surface area contributed by atoms with Crippen LogP contribution in [0.5, 0.6) is 0 Å². The van der Waals surface area contributed by atoms with Gasteiger partial charge in [-0.05, 0) is 6.07 Å². The number of nitrogens with two attached hydrogens (primary N) is 1. The van der Waals surface area contributed by atoms with Gasteiger partial charge in [-0.1, -0.05) is 0 Å². The molecule has 0 saturated carbocycles. The second kappa shape index (κ2) is 4.31. The second-order valence-electron chi connectivity index (χ2n) is 3.30. The summed E-state index contributed by atoms with van der Waals surface area (Å²) in [6.07, 6.45) is -6.26. The summed E-state index contributed by atoms with van der Waals surface area (Å²) >= 11 is 0. The van der Waals surface area contributed by atoms with Crippen molar-refractivity contribution < 1.29 is 35.5 Å². The van der Waals surface area contributed by atoms with E-state index in [9.17, 15) is 35.5 Å². The molecule has 0 spiro atoms. The highest BCUT2D eigenvalue weighted by atomic mass is 19.4. The third-order valence-electron chi connectivity index (χ3n) is 1.99. The first kappa shape index (κ1) is 15.1. The summed E-state index contributed by atoms with van der Waals surface area (Å²) in [5.41, 5.74) is 1.76. The smallest absolute Gasteiger partial charge is 0.364 e. The minimum absolute atomic E-state index is 0.0258. The molecule has 1 amide bonds. The van der Waals surface area contributed by atoms with E-state index in [1.807, 2.05) is 0 Å². The van der Waals surface area contributed by atoms with Crippen molar-refractivity contribution in [3.05, 3.63) is 23.8 Å². The van der Waals surface area contributed by atoms with Gasteiger partial charge < -0.3 is 5.73 Å². The van der Waals surface area contributed by atoms with Crippen molar-refractivity contribution >= 4 is 5.91 Å². The number of amides is 1. The van der Waals surface area contributed by atoms with Gasteiger partial charge in [0.1, 0.15) is 17.7 Å². The first-order chi connectivity index (χ1) is 8.41. The number of rotatable bonds is 3. The van der Waals surface area contributed by atoms with Gasteiger partial charge in [-0.25, -0.2) is 9.97 Å². The SMILES string of the molecule is NC(=O)c1cc(C(F)(F)C(F)(F)C(F)(F)F)ncn1. The number of nitrogens with zero attached hydrogens (tertiary/aromatic N) is 2. The predicted molar refractivity (Wildman–Crippen MR) is 45.4 cm³/mol. The fourth-order valence-corrected chi connectivity index (χ4v) is 1.00. The largest absolute Gasteiger partial charge is 0.460 e. The third-order valence-corrected chi connectivity index (χ3v) is 1.99. The van der Waals surface area contributed by atoms with Crippen LogP contribution in [-0.2, 0) is 5.92 Å². The van der Waals surface area contributed by atoms with E-state index in [4.69, 9.17) is 0 Å². The van der Waals surface area contributed by atoms with Gasteiger partial charge in [0.25, 0.3) is 5.91 Å². The molecule has 1 aromatic rings. The first-order valence-corrected chi connectivity index (χ1v) is 4.36. The Hall–Kier alpha value is -1.94. The lowest BCUT2D eigenvalue weighted by atomic mass is 10.1. The van der Waals surface area contributed by atoms with Gasteiger partial charge in [-0.2, -0.15) is 30.7 Å². The number of aromatic nitrogens is 2. The van der Waals surface area contributed by atoms with Crippen LogP contribution in [0.2, 0.25) is 0 Å². The van der Waals surface area contributed by atoms with Crippen molar-refractivity contribution in [1.29, 1.82) is 0 Å². The number of hydrogen-bond acceptors (Lipinski definition) is 3. The number of hydrogen-bond donors (Lipinski definition) is 1. The van der Waals surface area contributed by atoms with Crippen LogP contribution in [-0.4, -0.2) is 28.0 Å². The van der Waals surface area contributed by atoms with E-state index in [0.717, 1.165) is 0 Å². The highest BCUT2D eigenvalue weighted by molar-refractivity contribution is 5.90. The van der Waals surface area contributed by atoms with Gasteiger partial charge in [-0.3, -0.25) is 4.79 Å². The Labute approximate surface area is 100.0 Å². The molecular weight excluding hydrogens is 287 g/mol. The number of carbonyl (C=O) groups is 1. The van der Waals surface area contributed by atoms with E-state index >= 15 is 0 Å².